The normalized spacial score (nSPS) is 9.50. The molecule has 0 atom stereocenters. The first kappa shape index (κ1) is 23.9. The molecule has 0 amide bonds. The standard InChI is InChI=1S/C16H26O5.Ca.2H/c1-3-14(17)21-16(19)13-11-9-7-5-4-6-8-10-12-15(18)20-2;;;/h3H,1,4-13H2,2H3;;;. The van der Waals surface area contributed by atoms with Crippen molar-refractivity contribution in [3.8, 4) is 0 Å². The first-order chi connectivity index (χ1) is 10.1. The van der Waals surface area contributed by atoms with E-state index in [1.165, 1.54) is 7.11 Å². The number of hydrogen-bond donors (Lipinski definition) is 0. The van der Waals surface area contributed by atoms with Gasteiger partial charge in [-0.1, -0.05) is 45.1 Å². The van der Waals surface area contributed by atoms with Crippen molar-refractivity contribution >= 4 is 55.6 Å². The molecule has 0 N–H and O–H groups in total. The van der Waals surface area contributed by atoms with E-state index in [-0.39, 0.29) is 50.1 Å². The molecule has 0 aliphatic carbocycles. The summed E-state index contributed by atoms with van der Waals surface area (Å²) in [5.41, 5.74) is 0. The van der Waals surface area contributed by atoms with E-state index in [9.17, 15) is 14.4 Å². The fourth-order valence-corrected chi connectivity index (χ4v) is 1.91. The van der Waals surface area contributed by atoms with Crippen LogP contribution in [0, 0.1) is 0 Å². The van der Waals surface area contributed by atoms with Crippen LogP contribution in [0.15, 0.2) is 12.7 Å². The topological polar surface area (TPSA) is 69.7 Å². The molecule has 6 heteroatoms. The molecule has 0 aliphatic heterocycles. The van der Waals surface area contributed by atoms with Gasteiger partial charge in [0.2, 0.25) is 0 Å². The van der Waals surface area contributed by atoms with E-state index in [0.717, 1.165) is 57.4 Å². The van der Waals surface area contributed by atoms with Gasteiger partial charge in [-0.3, -0.25) is 9.59 Å². The van der Waals surface area contributed by atoms with E-state index >= 15 is 0 Å². The molecule has 0 fully saturated rings. The second-order valence-electron chi connectivity index (χ2n) is 4.90. The molecule has 5 nitrogen and oxygen atoms in total. The first-order valence-corrected chi connectivity index (χ1v) is 7.54. The molecule has 0 aromatic rings. The molecule has 0 spiro atoms. The van der Waals surface area contributed by atoms with Gasteiger partial charge in [0.25, 0.3) is 0 Å². The van der Waals surface area contributed by atoms with Crippen LogP contribution in [0.4, 0.5) is 0 Å². The summed E-state index contributed by atoms with van der Waals surface area (Å²) in [6.07, 6.45) is 9.84. The maximum absolute atomic E-state index is 11.2. The Morgan fingerprint density at radius 3 is 1.64 bits per heavy atom. The van der Waals surface area contributed by atoms with Crippen LogP contribution in [0.1, 0.15) is 64.2 Å². The van der Waals surface area contributed by atoms with Gasteiger partial charge >= 0.3 is 55.6 Å². The number of carbonyl (C=O) groups is 3. The summed E-state index contributed by atoms with van der Waals surface area (Å²) in [6, 6.07) is 0. The van der Waals surface area contributed by atoms with Crippen molar-refractivity contribution in [2.75, 3.05) is 7.11 Å². The van der Waals surface area contributed by atoms with Crippen LogP contribution in [0.25, 0.3) is 0 Å². The molecule has 0 saturated heterocycles. The van der Waals surface area contributed by atoms with Gasteiger partial charge < -0.3 is 9.47 Å². The minimum absolute atomic E-state index is 0. The van der Waals surface area contributed by atoms with Crippen molar-refractivity contribution in [2.24, 2.45) is 0 Å². The summed E-state index contributed by atoms with van der Waals surface area (Å²) in [5.74, 6) is -1.31. The third-order valence-electron chi connectivity index (χ3n) is 3.12. The number of esters is 3. The van der Waals surface area contributed by atoms with E-state index in [1.54, 1.807) is 0 Å². The van der Waals surface area contributed by atoms with Crippen LogP contribution in [0.5, 0.6) is 0 Å². The summed E-state index contributed by atoms with van der Waals surface area (Å²) >= 11 is 0. The molecule has 0 heterocycles. The Bertz CT molecular complexity index is 341. The Morgan fingerprint density at radius 2 is 1.23 bits per heavy atom. The maximum atomic E-state index is 11.2. The Kier molecular flexibility index (Phi) is 18.4. The quantitative estimate of drug-likeness (QED) is 0.179. The zero-order valence-corrected chi connectivity index (χ0v) is 12.9. The zero-order valence-electron chi connectivity index (χ0n) is 12.9. The van der Waals surface area contributed by atoms with Crippen molar-refractivity contribution in [1.82, 2.24) is 0 Å². The number of rotatable bonds is 12. The number of methoxy groups -OCH3 is 1. The number of carbonyl (C=O) groups excluding carboxylic acids is 3. The monoisotopic (exact) mass is 340 g/mol. The Labute approximate surface area is 162 Å². The van der Waals surface area contributed by atoms with Crippen LogP contribution in [0.3, 0.4) is 0 Å². The van der Waals surface area contributed by atoms with Crippen LogP contribution in [-0.4, -0.2) is 62.8 Å². The van der Waals surface area contributed by atoms with Crippen molar-refractivity contribution < 1.29 is 23.9 Å². The first-order valence-electron chi connectivity index (χ1n) is 7.54. The third kappa shape index (κ3) is 16.0. The summed E-state index contributed by atoms with van der Waals surface area (Å²) in [4.78, 5) is 32.8. The fourth-order valence-electron chi connectivity index (χ4n) is 1.91. The van der Waals surface area contributed by atoms with Crippen molar-refractivity contribution in [1.29, 1.82) is 0 Å². The molecule has 0 aromatic carbocycles. The van der Waals surface area contributed by atoms with Crippen LogP contribution >= 0.6 is 0 Å². The predicted molar refractivity (Wildman–Crippen MR) is 88.0 cm³/mol. The van der Waals surface area contributed by atoms with Gasteiger partial charge in [0, 0.05) is 18.9 Å². The Balaban J connectivity index is 0. The van der Waals surface area contributed by atoms with E-state index in [2.05, 4.69) is 16.1 Å². The Morgan fingerprint density at radius 1 is 0.818 bits per heavy atom. The van der Waals surface area contributed by atoms with Gasteiger partial charge in [0.1, 0.15) is 0 Å². The van der Waals surface area contributed by atoms with Gasteiger partial charge in [-0.25, -0.2) is 4.79 Å². The van der Waals surface area contributed by atoms with Crippen LogP contribution < -0.4 is 0 Å². The number of ether oxygens (including phenoxy) is 2. The van der Waals surface area contributed by atoms with Gasteiger partial charge in [-0.2, -0.15) is 0 Å². The molecule has 0 unspecified atom stereocenters. The Hall–Kier alpha value is -0.390. The zero-order chi connectivity index (χ0) is 15.9. The molecule has 0 aliphatic rings. The molecule has 124 valence electrons. The summed E-state index contributed by atoms with van der Waals surface area (Å²) < 4.78 is 9.04. The predicted octanol–water partition coefficient (Wildman–Crippen LogP) is 2.40. The van der Waals surface area contributed by atoms with Crippen molar-refractivity contribution in [3.63, 3.8) is 0 Å². The summed E-state index contributed by atoms with van der Waals surface area (Å²) in [6.45, 7) is 3.23. The minimum atomic E-state index is -0.688. The number of unbranched alkanes of at least 4 members (excludes halogenated alkanes) is 7. The van der Waals surface area contributed by atoms with Crippen LogP contribution in [-0.2, 0) is 23.9 Å². The fraction of sp³-hybridized carbons (Fsp3) is 0.688. The second-order valence-corrected chi connectivity index (χ2v) is 4.90. The molecule has 0 saturated carbocycles. The molecule has 0 bridgehead atoms. The molecular formula is C16H28CaO5. The number of hydrogen-bond acceptors (Lipinski definition) is 5. The van der Waals surface area contributed by atoms with Crippen molar-refractivity contribution in [2.45, 2.75) is 64.2 Å². The average Bonchev–Trinajstić information content (AvgIpc) is 2.48. The SMILES string of the molecule is C=CC(=O)OC(=O)CCCCCCCCCCC(=O)OC.[CaH2]. The van der Waals surface area contributed by atoms with Crippen molar-refractivity contribution in [3.05, 3.63) is 12.7 Å². The molecule has 0 rings (SSSR count). The van der Waals surface area contributed by atoms with E-state index < -0.39 is 11.9 Å². The van der Waals surface area contributed by atoms with E-state index in [0.29, 0.717) is 6.42 Å². The van der Waals surface area contributed by atoms with E-state index in [4.69, 9.17) is 0 Å². The van der Waals surface area contributed by atoms with Gasteiger partial charge in [0.15, 0.2) is 0 Å². The summed E-state index contributed by atoms with van der Waals surface area (Å²) in [7, 11) is 1.41. The summed E-state index contributed by atoms with van der Waals surface area (Å²) in [5, 5.41) is 0. The molecule has 22 heavy (non-hydrogen) atoms. The van der Waals surface area contributed by atoms with E-state index in [1.807, 2.05) is 0 Å². The van der Waals surface area contributed by atoms with Crippen LogP contribution in [0.2, 0.25) is 0 Å². The van der Waals surface area contributed by atoms with Gasteiger partial charge in [-0.15, -0.1) is 0 Å². The molecule has 0 aromatic heterocycles. The second kappa shape index (κ2) is 17.0. The third-order valence-corrected chi connectivity index (χ3v) is 3.12. The molecular weight excluding hydrogens is 312 g/mol. The van der Waals surface area contributed by atoms with Gasteiger partial charge in [0.05, 0.1) is 7.11 Å². The molecule has 0 radical (unpaired) electrons. The average molecular weight is 340 g/mol. The van der Waals surface area contributed by atoms with Gasteiger partial charge in [-0.05, 0) is 12.8 Å².